The number of rotatable bonds is 1. The van der Waals surface area contributed by atoms with Crippen molar-refractivity contribution in [2.45, 2.75) is 4.90 Å². The number of halogens is 1. The second kappa shape index (κ2) is 5.10. The van der Waals surface area contributed by atoms with Crippen LogP contribution in [0.2, 0.25) is 0 Å². The van der Waals surface area contributed by atoms with E-state index in [1.165, 1.54) is 5.56 Å². The van der Waals surface area contributed by atoms with Gasteiger partial charge >= 0.3 is 0 Å². The summed E-state index contributed by atoms with van der Waals surface area (Å²) >= 11 is 4.23. The maximum Gasteiger partial charge on any atom is 0.0455 e. The molecule has 2 N–H and O–H groups in total. The van der Waals surface area contributed by atoms with E-state index in [2.05, 4.69) is 24.8 Å². The van der Waals surface area contributed by atoms with Crippen molar-refractivity contribution < 1.29 is 0 Å². The van der Waals surface area contributed by atoms with Crippen molar-refractivity contribution in [2.75, 3.05) is 5.73 Å². The van der Waals surface area contributed by atoms with Crippen LogP contribution in [0.5, 0.6) is 0 Å². The molecule has 0 heterocycles. The Bertz CT molecular complexity index is 443. The van der Waals surface area contributed by atoms with Crippen LogP contribution in [-0.4, -0.2) is 0 Å². The predicted molar refractivity (Wildman–Crippen MR) is 70.8 cm³/mol. The molecule has 0 bridgehead atoms. The van der Waals surface area contributed by atoms with E-state index in [9.17, 15) is 0 Å². The standard InChI is InChI=1S/C12H11NS.ClH/c13-11-8-10(6-7-12(11)14)9-4-2-1-3-5-9;/h1-8,14H,13H2;1H. The van der Waals surface area contributed by atoms with Crippen LogP contribution in [0.1, 0.15) is 0 Å². The lowest BCUT2D eigenvalue weighted by atomic mass is 10.1. The molecule has 15 heavy (non-hydrogen) atoms. The molecule has 78 valence electrons. The summed E-state index contributed by atoms with van der Waals surface area (Å²) in [6, 6.07) is 16.0. The summed E-state index contributed by atoms with van der Waals surface area (Å²) in [5, 5.41) is 0. The summed E-state index contributed by atoms with van der Waals surface area (Å²) in [5.41, 5.74) is 8.80. The van der Waals surface area contributed by atoms with Crippen molar-refractivity contribution in [3.63, 3.8) is 0 Å². The molecule has 2 aromatic carbocycles. The number of nitrogen functional groups attached to an aromatic ring is 1. The van der Waals surface area contributed by atoms with Gasteiger partial charge in [0, 0.05) is 10.6 Å². The third-order valence-corrected chi connectivity index (χ3v) is 2.54. The van der Waals surface area contributed by atoms with E-state index in [-0.39, 0.29) is 12.4 Å². The third kappa shape index (κ3) is 2.67. The van der Waals surface area contributed by atoms with Crippen LogP contribution < -0.4 is 5.73 Å². The number of thiol groups is 1. The summed E-state index contributed by atoms with van der Waals surface area (Å²) in [6.45, 7) is 0. The van der Waals surface area contributed by atoms with E-state index >= 15 is 0 Å². The molecule has 0 amide bonds. The van der Waals surface area contributed by atoms with Gasteiger partial charge in [-0.05, 0) is 23.3 Å². The van der Waals surface area contributed by atoms with Crippen LogP contribution in [0.15, 0.2) is 53.4 Å². The highest BCUT2D eigenvalue weighted by atomic mass is 35.5. The summed E-state index contributed by atoms with van der Waals surface area (Å²) in [5.74, 6) is 0. The first kappa shape index (κ1) is 12.0. The van der Waals surface area contributed by atoms with Gasteiger partial charge in [-0.15, -0.1) is 25.0 Å². The quantitative estimate of drug-likeness (QED) is 0.575. The van der Waals surface area contributed by atoms with E-state index in [0.717, 1.165) is 16.1 Å². The average Bonchev–Trinajstić information content (AvgIpc) is 2.23. The summed E-state index contributed by atoms with van der Waals surface area (Å²) < 4.78 is 0. The highest BCUT2D eigenvalue weighted by molar-refractivity contribution is 7.80. The zero-order chi connectivity index (χ0) is 9.97. The number of hydrogen-bond donors (Lipinski definition) is 2. The van der Waals surface area contributed by atoms with E-state index in [0.29, 0.717) is 0 Å². The Balaban J connectivity index is 0.00000112. The Labute approximate surface area is 101 Å². The molecule has 2 rings (SSSR count). The lowest BCUT2D eigenvalue weighted by Gasteiger charge is -2.04. The minimum absolute atomic E-state index is 0. The monoisotopic (exact) mass is 237 g/mol. The predicted octanol–water partition coefficient (Wildman–Crippen LogP) is 3.65. The summed E-state index contributed by atoms with van der Waals surface area (Å²) in [7, 11) is 0. The molecule has 0 aliphatic heterocycles. The first-order valence-corrected chi connectivity index (χ1v) is 4.86. The molecule has 1 nitrogen and oxygen atoms in total. The molecule has 3 heteroatoms. The first-order valence-electron chi connectivity index (χ1n) is 4.41. The molecular formula is C12H12ClNS. The average molecular weight is 238 g/mol. The van der Waals surface area contributed by atoms with Crippen molar-refractivity contribution >= 4 is 30.7 Å². The van der Waals surface area contributed by atoms with Crippen molar-refractivity contribution in [1.29, 1.82) is 0 Å². The van der Waals surface area contributed by atoms with Gasteiger partial charge in [0.1, 0.15) is 0 Å². The molecular weight excluding hydrogens is 226 g/mol. The molecule has 2 aromatic rings. The summed E-state index contributed by atoms with van der Waals surface area (Å²) in [6.07, 6.45) is 0. The third-order valence-electron chi connectivity index (χ3n) is 2.13. The Morgan fingerprint density at radius 2 is 1.53 bits per heavy atom. The maximum atomic E-state index is 5.78. The van der Waals surface area contributed by atoms with Gasteiger partial charge in [-0.1, -0.05) is 36.4 Å². The normalized spacial score (nSPS) is 9.40. The van der Waals surface area contributed by atoms with Gasteiger partial charge in [0.2, 0.25) is 0 Å². The fourth-order valence-corrected chi connectivity index (χ4v) is 1.50. The minimum Gasteiger partial charge on any atom is -0.398 e. The molecule has 0 unspecified atom stereocenters. The van der Waals surface area contributed by atoms with Gasteiger partial charge < -0.3 is 5.73 Å². The van der Waals surface area contributed by atoms with E-state index in [1.807, 2.05) is 36.4 Å². The zero-order valence-corrected chi connectivity index (χ0v) is 9.76. The SMILES string of the molecule is Cl.Nc1cc(-c2ccccc2)ccc1S. The van der Waals surface area contributed by atoms with Crippen LogP contribution in [0, 0.1) is 0 Å². The number of benzene rings is 2. The number of nitrogens with two attached hydrogens (primary N) is 1. The van der Waals surface area contributed by atoms with E-state index < -0.39 is 0 Å². The van der Waals surface area contributed by atoms with Crippen LogP contribution in [0.3, 0.4) is 0 Å². The Hall–Kier alpha value is -1.12. The fraction of sp³-hybridized carbons (Fsp3) is 0. The fourth-order valence-electron chi connectivity index (χ4n) is 1.36. The van der Waals surface area contributed by atoms with Crippen molar-refractivity contribution in [3.05, 3.63) is 48.5 Å². The van der Waals surface area contributed by atoms with Gasteiger partial charge in [0.05, 0.1) is 0 Å². The topological polar surface area (TPSA) is 26.0 Å². The van der Waals surface area contributed by atoms with Gasteiger partial charge in [-0.2, -0.15) is 0 Å². The second-order valence-electron chi connectivity index (χ2n) is 3.14. The maximum absolute atomic E-state index is 5.78. The lowest BCUT2D eigenvalue weighted by Crippen LogP contribution is -1.87. The van der Waals surface area contributed by atoms with Crippen LogP contribution in [0.25, 0.3) is 11.1 Å². The highest BCUT2D eigenvalue weighted by Gasteiger charge is 1.98. The zero-order valence-electron chi connectivity index (χ0n) is 8.05. The van der Waals surface area contributed by atoms with Gasteiger partial charge in [0.25, 0.3) is 0 Å². The molecule has 0 aliphatic rings. The van der Waals surface area contributed by atoms with Crippen molar-refractivity contribution in [2.24, 2.45) is 0 Å². The molecule has 0 saturated heterocycles. The van der Waals surface area contributed by atoms with Gasteiger partial charge in [-0.3, -0.25) is 0 Å². The minimum atomic E-state index is 0. The van der Waals surface area contributed by atoms with Crippen LogP contribution >= 0.6 is 25.0 Å². The van der Waals surface area contributed by atoms with E-state index in [4.69, 9.17) is 5.73 Å². The molecule has 0 saturated carbocycles. The molecule has 0 spiro atoms. The molecule has 0 fully saturated rings. The largest absolute Gasteiger partial charge is 0.398 e. The molecule has 0 atom stereocenters. The molecule has 0 aromatic heterocycles. The molecule has 0 aliphatic carbocycles. The van der Waals surface area contributed by atoms with E-state index in [1.54, 1.807) is 0 Å². The smallest absolute Gasteiger partial charge is 0.0455 e. The summed E-state index contributed by atoms with van der Waals surface area (Å²) in [4.78, 5) is 0.824. The second-order valence-corrected chi connectivity index (χ2v) is 3.62. The Morgan fingerprint density at radius 1 is 0.867 bits per heavy atom. The molecule has 0 radical (unpaired) electrons. The Morgan fingerprint density at radius 3 is 2.13 bits per heavy atom. The van der Waals surface area contributed by atoms with Crippen molar-refractivity contribution in [1.82, 2.24) is 0 Å². The first-order chi connectivity index (χ1) is 6.77. The Kier molecular flexibility index (Phi) is 4.06. The van der Waals surface area contributed by atoms with Gasteiger partial charge in [-0.25, -0.2) is 0 Å². The van der Waals surface area contributed by atoms with Crippen LogP contribution in [-0.2, 0) is 0 Å². The van der Waals surface area contributed by atoms with Crippen LogP contribution in [0.4, 0.5) is 5.69 Å². The van der Waals surface area contributed by atoms with Gasteiger partial charge in [0.15, 0.2) is 0 Å². The number of hydrogen-bond acceptors (Lipinski definition) is 2. The highest BCUT2D eigenvalue weighted by Crippen LogP contribution is 2.25. The number of anilines is 1. The van der Waals surface area contributed by atoms with Crippen molar-refractivity contribution in [3.8, 4) is 11.1 Å². The lowest BCUT2D eigenvalue weighted by molar-refractivity contribution is 1.47.